The number of nitrogens with one attached hydrogen (secondary N) is 1. The quantitative estimate of drug-likeness (QED) is 0.893. The van der Waals surface area contributed by atoms with Crippen molar-refractivity contribution >= 4 is 11.7 Å². The standard InChI is InChI=1S/C18H27N3O2/c1-14-5-4-6-16(19-14)21-11-7-15(8-12-21)20-17(22)13-18(23)9-2-3-10-18/h4-6,15,23H,2-3,7-13H2,1H3,(H,20,22). The van der Waals surface area contributed by atoms with Gasteiger partial charge in [0.1, 0.15) is 5.82 Å². The van der Waals surface area contributed by atoms with Gasteiger partial charge in [0, 0.05) is 24.8 Å². The number of carbonyl (C=O) groups excluding carboxylic acids is 1. The number of piperidine rings is 1. The molecule has 3 rings (SSSR count). The van der Waals surface area contributed by atoms with Gasteiger partial charge in [0.05, 0.1) is 12.0 Å². The zero-order valence-electron chi connectivity index (χ0n) is 13.9. The Kier molecular flexibility index (Phi) is 4.85. The fourth-order valence-electron chi connectivity index (χ4n) is 3.75. The summed E-state index contributed by atoms with van der Waals surface area (Å²) in [6.45, 7) is 3.82. The van der Waals surface area contributed by atoms with Gasteiger partial charge < -0.3 is 15.3 Å². The third kappa shape index (κ3) is 4.22. The summed E-state index contributed by atoms with van der Waals surface area (Å²) in [5, 5.41) is 13.4. The molecule has 2 N–H and O–H groups in total. The minimum atomic E-state index is -0.754. The van der Waals surface area contributed by atoms with E-state index in [1.807, 2.05) is 25.1 Å². The highest BCUT2D eigenvalue weighted by molar-refractivity contribution is 5.77. The Morgan fingerprint density at radius 2 is 2.04 bits per heavy atom. The van der Waals surface area contributed by atoms with Gasteiger partial charge in [-0.3, -0.25) is 4.79 Å². The summed E-state index contributed by atoms with van der Waals surface area (Å²) in [6.07, 6.45) is 5.71. The van der Waals surface area contributed by atoms with Gasteiger partial charge in [-0.2, -0.15) is 0 Å². The van der Waals surface area contributed by atoms with Crippen LogP contribution >= 0.6 is 0 Å². The predicted molar refractivity (Wildman–Crippen MR) is 90.4 cm³/mol. The van der Waals surface area contributed by atoms with E-state index in [2.05, 4.69) is 15.2 Å². The average Bonchev–Trinajstić information content (AvgIpc) is 2.94. The van der Waals surface area contributed by atoms with Gasteiger partial charge in [0.15, 0.2) is 0 Å². The third-order valence-corrected chi connectivity index (χ3v) is 5.08. The van der Waals surface area contributed by atoms with Crippen molar-refractivity contribution in [3.05, 3.63) is 23.9 Å². The molecule has 2 aliphatic rings. The molecule has 1 amide bonds. The molecule has 0 bridgehead atoms. The molecule has 5 heteroatoms. The second-order valence-electron chi connectivity index (χ2n) is 7.07. The SMILES string of the molecule is Cc1cccc(N2CCC(NC(=O)CC3(O)CCCC3)CC2)n1. The van der Waals surface area contributed by atoms with Gasteiger partial charge in [-0.05, 0) is 44.7 Å². The highest BCUT2D eigenvalue weighted by Crippen LogP contribution is 2.32. The Hall–Kier alpha value is -1.62. The van der Waals surface area contributed by atoms with Crippen LogP contribution in [0.15, 0.2) is 18.2 Å². The van der Waals surface area contributed by atoms with Crippen LogP contribution in [0.3, 0.4) is 0 Å². The lowest BCUT2D eigenvalue weighted by molar-refractivity contribution is -0.126. The van der Waals surface area contributed by atoms with Crippen LogP contribution in [-0.4, -0.2) is 40.7 Å². The van der Waals surface area contributed by atoms with E-state index < -0.39 is 5.60 Å². The molecule has 0 unspecified atom stereocenters. The van der Waals surface area contributed by atoms with Gasteiger partial charge in [0.25, 0.3) is 0 Å². The molecule has 126 valence electrons. The van der Waals surface area contributed by atoms with Gasteiger partial charge in [0.2, 0.25) is 5.91 Å². The molecule has 1 aliphatic heterocycles. The Morgan fingerprint density at radius 1 is 1.35 bits per heavy atom. The molecule has 0 atom stereocenters. The first-order valence-corrected chi connectivity index (χ1v) is 8.74. The zero-order valence-corrected chi connectivity index (χ0v) is 13.9. The van der Waals surface area contributed by atoms with Crippen molar-refractivity contribution in [2.45, 2.75) is 63.5 Å². The second kappa shape index (κ2) is 6.87. The van der Waals surface area contributed by atoms with Crippen LogP contribution in [0.2, 0.25) is 0 Å². The lowest BCUT2D eigenvalue weighted by Gasteiger charge is -2.33. The molecule has 23 heavy (non-hydrogen) atoms. The number of aryl methyl sites for hydroxylation is 1. The molecule has 2 heterocycles. The Morgan fingerprint density at radius 3 is 2.70 bits per heavy atom. The molecule has 0 radical (unpaired) electrons. The number of amides is 1. The Balaban J connectivity index is 1.46. The molecule has 0 aromatic carbocycles. The topological polar surface area (TPSA) is 65.5 Å². The smallest absolute Gasteiger partial charge is 0.223 e. The van der Waals surface area contributed by atoms with E-state index in [0.717, 1.165) is 63.1 Å². The van der Waals surface area contributed by atoms with Crippen LogP contribution in [0.5, 0.6) is 0 Å². The minimum absolute atomic E-state index is 0.00142. The van der Waals surface area contributed by atoms with E-state index in [1.54, 1.807) is 0 Å². The molecule has 5 nitrogen and oxygen atoms in total. The van der Waals surface area contributed by atoms with Crippen molar-refractivity contribution in [2.24, 2.45) is 0 Å². The molecule has 1 aromatic rings. The first-order valence-electron chi connectivity index (χ1n) is 8.74. The predicted octanol–water partition coefficient (Wildman–Crippen LogP) is 2.17. The maximum absolute atomic E-state index is 12.2. The Bertz CT molecular complexity index is 547. The van der Waals surface area contributed by atoms with Crippen molar-refractivity contribution in [3.8, 4) is 0 Å². The van der Waals surface area contributed by atoms with Crippen LogP contribution in [0.1, 0.15) is 50.6 Å². The summed E-state index contributed by atoms with van der Waals surface area (Å²) in [5.41, 5.74) is 0.277. The first kappa shape index (κ1) is 16.2. The lowest BCUT2D eigenvalue weighted by atomic mass is 9.97. The number of nitrogens with zero attached hydrogens (tertiary/aromatic N) is 2. The van der Waals surface area contributed by atoms with E-state index in [9.17, 15) is 9.90 Å². The number of anilines is 1. The number of pyridine rings is 1. The van der Waals surface area contributed by atoms with E-state index in [-0.39, 0.29) is 18.4 Å². The summed E-state index contributed by atoms with van der Waals surface area (Å²) in [6, 6.07) is 6.30. The van der Waals surface area contributed by atoms with Gasteiger partial charge in [-0.25, -0.2) is 4.98 Å². The van der Waals surface area contributed by atoms with Crippen molar-refractivity contribution in [2.75, 3.05) is 18.0 Å². The summed E-state index contributed by atoms with van der Waals surface area (Å²) < 4.78 is 0. The Labute approximate surface area is 138 Å². The van der Waals surface area contributed by atoms with E-state index in [1.165, 1.54) is 0 Å². The number of aromatic nitrogens is 1. The molecule has 1 saturated carbocycles. The van der Waals surface area contributed by atoms with E-state index in [0.29, 0.717) is 0 Å². The summed E-state index contributed by atoms with van der Waals surface area (Å²) in [4.78, 5) is 19.0. The largest absolute Gasteiger partial charge is 0.389 e. The first-order chi connectivity index (χ1) is 11.0. The maximum atomic E-state index is 12.2. The maximum Gasteiger partial charge on any atom is 0.223 e. The van der Waals surface area contributed by atoms with Gasteiger partial charge in [-0.15, -0.1) is 0 Å². The van der Waals surface area contributed by atoms with Crippen molar-refractivity contribution in [1.82, 2.24) is 10.3 Å². The second-order valence-corrected chi connectivity index (χ2v) is 7.07. The van der Waals surface area contributed by atoms with E-state index in [4.69, 9.17) is 0 Å². The van der Waals surface area contributed by atoms with Gasteiger partial charge >= 0.3 is 0 Å². The monoisotopic (exact) mass is 317 g/mol. The number of rotatable bonds is 4. The number of aliphatic hydroxyl groups is 1. The van der Waals surface area contributed by atoms with Crippen LogP contribution in [0.25, 0.3) is 0 Å². The normalized spacial score (nSPS) is 21.4. The number of hydrogen-bond acceptors (Lipinski definition) is 4. The fraction of sp³-hybridized carbons (Fsp3) is 0.667. The highest BCUT2D eigenvalue weighted by atomic mass is 16.3. The third-order valence-electron chi connectivity index (χ3n) is 5.08. The highest BCUT2D eigenvalue weighted by Gasteiger charge is 2.34. The molecule has 2 fully saturated rings. The van der Waals surface area contributed by atoms with Crippen molar-refractivity contribution in [3.63, 3.8) is 0 Å². The zero-order chi connectivity index (χ0) is 16.3. The number of carbonyl (C=O) groups is 1. The summed E-state index contributed by atoms with van der Waals surface area (Å²) >= 11 is 0. The molecule has 1 aromatic heterocycles. The van der Waals surface area contributed by atoms with Gasteiger partial charge in [-0.1, -0.05) is 18.9 Å². The molecule has 1 saturated heterocycles. The summed E-state index contributed by atoms with van der Waals surface area (Å²) in [7, 11) is 0. The molecular weight excluding hydrogens is 290 g/mol. The fourth-order valence-corrected chi connectivity index (χ4v) is 3.75. The number of hydrogen-bond donors (Lipinski definition) is 2. The van der Waals surface area contributed by atoms with Crippen LogP contribution in [0.4, 0.5) is 5.82 Å². The van der Waals surface area contributed by atoms with Crippen LogP contribution in [-0.2, 0) is 4.79 Å². The van der Waals surface area contributed by atoms with Crippen molar-refractivity contribution in [1.29, 1.82) is 0 Å². The van der Waals surface area contributed by atoms with Crippen molar-refractivity contribution < 1.29 is 9.90 Å². The minimum Gasteiger partial charge on any atom is -0.389 e. The lowest BCUT2D eigenvalue weighted by Crippen LogP contribution is -2.46. The molecule has 1 aliphatic carbocycles. The van der Waals surface area contributed by atoms with E-state index >= 15 is 0 Å². The van der Waals surface area contributed by atoms with Crippen LogP contribution in [0, 0.1) is 6.92 Å². The average molecular weight is 317 g/mol. The van der Waals surface area contributed by atoms with Crippen LogP contribution < -0.4 is 10.2 Å². The molecular formula is C18H27N3O2. The molecule has 0 spiro atoms. The summed E-state index contributed by atoms with van der Waals surface area (Å²) in [5.74, 6) is 1.02.